The summed E-state index contributed by atoms with van der Waals surface area (Å²) < 4.78 is 0. The molecule has 0 unspecified atom stereocenters. The molecule has 1 fully saturated rings. The zero-order valence-corrected chi connectivity index (χ0v) is 14.9. The molecule has 3 heterocycles. The van der Waals surface area contributed by atoms with Gasteiger partial charge in [-0.25, -0.2) is 4.98 Å². The van der Waals surface area contributed by atoms with E-state index in [0.717, 1.165) is 28.7 Å². The molecule has 136 valence electrons. The second kappa shape index (κ2) is 7.03. The lowest BCUT2D eigenvalue weighted by atomic mass is 10.1. The fourth-order valence-corrected chi connectivity index (χ4v) is 3.15. The van der Waals surface area contributed by atoms with Crippen molar-refractivity contribution in [3.63, 3.8) is 0 Å². The van der Waals surface area contributed by atoms with Crippen molar-refractivity contribution < 1.29 is 9.59 Å². The molecular formula is C20H19N5O2. The average molecular weight is 361 g/mol. The maximum absolute atomic E-state index is 12.7. The number of anilines is 2. The molecule has 7 nitrogen and oxygen atoms in total. The summed E-state index contributed by atoms with van der Waals surface area (Å²) in [5.74, 6) is 0.226. The number of fused-ring (bicyclic) bond motifs is 1. The van der Waals surface area contributed by atoms with Gasteiger partial charge in [-0.05, 0) is 36.8 Å². The van der Waals surface area contributed by atoms with E-state index < -0.39 is 0 Å². The van der Waals surface area contributed by atoms with Gasteiger partial charge in [0.1, 0.15) is 5.82 Å². The quantitative estimate of drug-likeness (QED) is 0.746. The van der Waals surface area contributed by atoms with Crippen LogP contribution in [0.3, 0.4) is 0 Å². The summed E-state index contributed by atoms with van der Waals surface area (Å²) in [4.78, 5) is 34.8. The number of pyridine rings is 2. The van der Waals surface area contributed by atoms with E-state index in [0.29, 0.717) is 24.5 Å². The van der Waals surface area contributed by atoms with Crippen molar-refractivity contribution in [2.24, 2.45) is 0 Å². The van der Waals surface area contributed by atoms with Crippen LogP contribution in [0.25, 0.3) is 10.9 Å². The highest BCUT2D eigenvalue weighted by atomic mass is 16.2. The Morgan fingerprint density at radius 2 is 2.07 bits per heavy atom. The Hall–Kier alpha value is -3.48. The highest BCUT2D eigenvalue weighted by Crippen LogP contribution is 2.20. The number of hydrogen-bond donors (Lipinski definition) is 2. The molecule has 0 atom stereocenters. The van der Waals surface area contributed by atoms with E-state index >= 15 is 0 Å². The molecule has 0 radical (unpaired) electrons. The molecule has 0 bridgehead atoms. The number of carbonyl (C=O) groups is 2. The van der Waals surface area contributed by atoms with Crippen molar-refractivity contribution in [1.82, 2.24) is 15.3 Å². The first-order chi connectivity index (χ1) is 13.1. The maximum atomic E-state index is 12.7. The highest BCUT2D eigenvalue weighted by Gasteiger charge is 2.17. The summed E-state index contributed by atoms with van der Waals surface area (Å²) in [6.45, 7) is 3.66. The SMILES string of the molecule is Cc1ccc2c(C(=O)Nc3ccc(N4CCNC(=O)C4)cn3)ccnc2c1. The largest absolute Gasteiger partial charge is 0.359 e. The third-order valence-electron chi connectivity index (χ3n) is 4.54. The molecule has 2 N–H and O–H groups in total. The molecule has 3 aromatic rings. The molecule has 2 aromatic heterocycles. The van der Waals surface area contributed by atoms with E-state index in [1.807, 2.05) is 36.1 Å². The summed E-state index contributed by atoms with van der Waals surface area (Å²) in [5, 5.41) is 6.42. The van der Waals surface area contributed by atoms with E-state index in [9.17, 15) is 9.59 Å². The predicted octanol–water partition coefficient (Wildman–Crippen LogP) is 2.13. The lowest BCUT2D eigenvalue weighted by Crippen LogP contribution is -2.47. The molecule has 1 aromatic carbocycles. The number of hydrogen-bond acceptors (Lipinski definition) is 5. The standard InChI is InChI=1S/C20H19N5O2/c1-13-2-4-15-16(6-7-21-17(15)10-13)20(27)24-18-5-3-14(11-23-18)25-9-8-22-19(26)12-25/h2-7,10-11H,8-9,12H2,1H3,(H,22,26)(H,23,24,27). The van der Waals surface area contributed by atoms with Gasteiger partial charge in [0, 0.05) is 24.7 Å². The monoisotopic (exact) mass is 361 g/mol. The Morgan fingerprint density at radius 1 is 1.19 bits per heavy atom. The smallest absolute Gasteiger partial charge is 0.257 e. The van der Waals surface area contributed by atoms with Crippen molar-refractivity contribution in [2.45, 2.75) is 6.92 Å². The van der Waals surface area contributed by atoms with Crippen LogP contribution in [-0.2, 0) is 4.79 Å². The van der Waals surface area contributed by atoms with Gasteiger partial charge in [-0.2, -0.15) is 0 Å². The number of nitrogens with zero attached hydrogens (tertiary/aromatic N) is 3. The molecular weight excluding hydrogens is 342 g/mol. The summed E-state index contributed by atoms with van der Waals surface area (Å²) in [7, 11) is 0. The van der Waals surface area contributed by atoms with Crippen molar-refractivity contribution in [3.05, 3.63) is 59.9 Å². The van der Waals surface area contributed by atoms with Crippen LogP contribution < -0.4 is 15.5 Å². The van der Waals surface area contributed by atoms with Crippen LogP contribution in [0.4, 0.5) is 11.5 Å². The van der Waals surface area contributed by atoms with E-state index in [2.05, 4.69) is 20.6 Å². The number of aromatic nitrogens is 2. The minimum absolute atomic E-state index is 0.00145. The molecule has 2 amide bonds. The third-order valence-corrected chi connectivity index (χ3v) is 4.54. The molecule has 0 saturated carbocycles. The van der Waals surface area contributed by atoms with Gasteiger partial charge in [-0.1, -0.05) is 12.1 Å². The maximum Gasteiger partial charge on any atom is 0.257 e. The van der Waals surface area contributed by atoms with Gasteiger partial charge >= 0.3 is 0 Å². The number of benzene rings is 1. The molecule has 7 heteroatoms. The Balaban J connectivity index is 1.52. The summed E-state index contributed by atoms with van der Waals surface area (Å²) in [6.07, 6.45) is 3.30. The van der Waals surface area contributed by atoms with Crippen LogP contribution in [0.1, 0.15) is 15.9 Å². The van der Waals surface area contributed by atoms with Crippen LogP contribution in [-0.4, -0.2) is 41.4 Å². The highest BCUT2D eigenvalue weighted by molar-refractivity contribution is 6.12. The molecule has 1 aliphatic rings. The number of amides is 2. The molecule has 1 aliphatic heterocycles. The molecule has 1 saturated heterocycles. The summed E-state index contributed by atoms with van der Waals surface area (Å²) in [6, 6.07) is 11.1. The Bertz CT molecular complexity index is 1020. The average Bonchev–Trinajstić information content (AvgIpc) is 2.68. The predicted molar refractivity (Wildman–Crippen MR) is 104 cm³/mol. The lowest BCUT2D eigenvalue weighted by molar-refractivity contribution is -0.120. The van der Waals surface area contributed by atoms with E-state index in [1.54, 1.807) is 24.5 Å². The number of nitrogens with one attached hydrogen (secondary N) is 2. The van der Waals surface area contributed by atoms with Gasteiger partial charge in [-0.3, -0.25) is 14.6 Å². The second-order valence-electron chi connectivity index (χ2n) is 6.51. The normalized spacial score (nSPS) is 14.1. The minimum Gasteiger partial charge on any atom is -0.359 e. The van der Waals surface area contributed by atoms with E-state index in [4.69, 9.17) is 0 Å². The Kier molecular flexibility index (Phi) is 4.42. The Morgan fingerprint density at radius 3 is 2.85 bits per heavy atom. The number of rotatable bonds is 3. The number of carbonyl (C=O) groups excluding carboxylic acids is 2. The first kappa shape index (κ1) is 17.0. The number of piperazine rings is 1. The summed E-state index contributed by atoms with van der Waals surface area (Å²) in [5.41, 5.74) is 3.29. The van der Waals surface area contributed by atoms with Crippen LogP contribution in [0.15, 0.2) is 48.8 Å². The van der Waals surface area contributed by atoms with Gasteiger partial charge in [-0.15, -0.1) is 0 Å². The van der Waals surface area contributed by atoms with Crippen molar-refractivity contribution in [1.29, 1.82) is 0 Å². The van der Waals surface area contributed by atoms with Crippen molar-refractivity contribution >= 4 is 34.2 Å². The molecule has 4 rings (SSSR count). The van der Waals surface area contributed by atoms with Crippen LogP contribution in [0.5, 0.6) is 0 Å². The summed E-state index contributed by atoms with van der Waals surface area (Å²) >= 11 is 0. The molecule has 0 aliphatic carbocycles. The van der Waals surface area contributed by atoms with Crippen molar-refractivity contribution in [3.8, 4) is 0 Å². The van der Waals surface area contributed by atoms with Gasteiger partial charge in [0.15, 0.2) is 0 Å². The van der Waals surface area contributed by atoms with Crippen LogP contribution in [0.2, 0.25) is 0 Å². The first-order valence-electron chi connectivity index (χ1n) is 8.74. The zero-order chi connectivity index (χ0) is 18.8. The minimum atomic E-state index is -0.233. The fraction of sp³-hybridized carbons (Fsp3) is 0.200. The van der Waals surface area contributed by atoms with Gasteiger partial charge in [0.25, 0.3) is 5.91 Å². The zero-order valence-electron chi connectivity index (χ0n) is 14.9. The van der Waals surface area contributed by atoms with Crippen LogP contribution in [0, 0.1) is 6.92 Å². The Labute approximate surface area is 156 Å². The van der Waals surface area contributed by atoms with Crippen molar-refractivity contribution in [2.75, 3.05) is 29.9 Å². The third kappa shape index (κ3) is 3.57. The van der Waals surface area contributed by atoms with Gasteiger partial charge in [0.2, 0.25) is 5.91 Å². The van der Waals surface area contributed by atoms with E-state index in [1.165, 1.54) is 0 Å². The first-order valence-corrected chi connectivity index (χ1v) is 8.74. The molecule has 27 heavy (non-hydrogen) atoms. The van der Waals surface area contributed by atoms with Gasteiger partial charge in [0.05, 0.1) is 29.5 Å². The lowest BCUT2D eigenvalue weighted by Gasteiger charge is -2.28. The van der Waals surface area contributed by atoms with Crippen LogP contribution >= 0.6 is 0 Å². The van der Waals surface area contributed by atoms with Gasteiger partial charge < -0.3 is 15.5 Å². The van der Waals surface area contributed by atoms with E-state index in [-0.39, 0.29) is 11.8 Å². The number of aryl methyl sites for hydroxylation is 1. The molecule has 0 spiro atoms. The fourth-order valence-electron chi connectivity index (χ4n) is 3.15. The topological polar surface area (TPSA) is 87.2 Å². The second-order valence-corrected chi connectivity index (χ2v) is 6.51.